The molecule has 0 spiro atoms. The molecule has 0 fully saturated rings. The number of carbonyl (C=O) groups excluding carboxylic acids is 3. The highest BCUT2D eigenvalue weighted by molar-refractivity contribution is 6.22. The molecule has 1 heterocycles. The fraction of sp³-hybridized carbons (Fsp3) is 0.192. The van der Waals surface area contributed by atoms with Crippen LogP contribution in [0.5, 0.6) is 0 Å². The normalized spacial score (nSPS) is 13.8. The van der Waals surface area contributed by atoms with Crippen LogP contribution < -0.4 is 10.4 Å². The molecule has 0 saturated heterocycles. The molecule has 0 aromatic heterocycles. The molecule has 1 aliphatic heterocycles. The van der Waals surface area contributed by atoms with Gasteiger partial charge in [-0.05, 0) is 48.7 Å². The van der Waals surface area contributed by atoms with Crippen LogP contribution in [-0.2, 0) is 4.79 Å². The molecule has 3 aromatic carbocycles. The minimum Gasteiger partial charge on any atom is -0.271 e. The van der Waals surface area contributed by atoms with Gasteiger partial charge in [-0.25, -0.2) is 0 Å². The summed E-state index contributed by atoms with van der Waals surface area (Å²) in [6.07, 6.45) is 0.356. The lowest BCUT2D eigenvalue weighted by molar-refractivity contribution is -0.125. The Hall–Kier alpha value is -3.93. The topological polar surface area (TPSA) is 69.7 Å². The third-order valence-electron chi connectivity index (χ3n) is 5.39. The van der Waals surface area contributed by atoms with Crippen molar-refractivity contribution in [3.8, 4) is 0 Å². The van der Waals surface area contributed by atoms with Gasteiger partial charge in [0.05, 0.1) is 22.5 Å². The Bertz CT molecular complexity index is 1050. The van der Waals surface area contributed by atoms with Gasteiger partial charge in [-0.2, -0.15) is 0 Å². The number of carbonyl (C=O) groups is 3. The first-order valence-electron chi connectivity index (χ1n) is 10.6. The molecular weight excluding hydrogens is 402 g/mol. The fourth-order valence-corrected chi connectivity index (χ4v) is 3.88. The maximum Gasteiger partial charge on any atom is 0.262 e. The summed E-state index contributed by atoms with van der Waals surface area (Å²) in [5.74, 6) is -1.19. The van der Waals surface area contributed by atoms with Gasteiger partial charge in [0.1, 0.15) is 6.04 Å². The first kappa shape index (κ1) is 21.3. The number of para-hydroxylation sites is 2. The smallest absolute Gasteiger partial charge is 0.262 e. The summed E-state index contributed by atoms with van der Waals surface area (Å²) in [4.78, 5) is 40.8. The van der Waals surface area contributed by atoms with Crippen LogP contribution in [-0.4, -0.2) is 28.7 Å². The quantitative estimate of drug-likeness (QED) is 0.443. The molecular formula is C26H25N3O3. The van der Waals surface area contributed by atoms with Crippen LogP contribution in [0.1, 0.15) is 41.0 Å². The average molecular weight is 428 g/mol. The molecule has 1 unspecified atom stereocenters. The average Bonchev–Trinajstić information content (AvgIpc) is 3.07. The number of hydrogen-bond acceptors (Lipinski definition) is 4. The van der Waals surface area contributed by atoms with E-state index in [0.29, 0.717) is 17.5 Å². The second-order valence-corrected chi connectivity index (χ2v) is 8.15. The van der Waals surface area contributed by atoms with Crippen molar-refractivity contribution in [3.63, 3.8) is 0 Å². The van der Waals surface area contributed by atoms with Crippen LogP contribution in [0.25, 0.3) is 0 Å². The lowest BCUT2D eigenvalue weighted by Gasteiger charge is -2.31. The molecule has 6 heteroatoms. The first-order chi connectivity index (χ1) is 15.5. The molecule has 4 rings (SSSR count). The highest BCUT2D eigenvalue weighted by Crippen LogP contribution is 2.28. The standard InChI is InChI=1S/C26H25N3O3/c1-18(2)17-23(28-25(31)21-15-9-10-16-22(21)26(28)32)24(30)27-29(19-11-5-3-6-12-19)20-13-7-4-8-14-20/h3-16,18,23H,17H2,1-2H3,(H,27,30). The van der Waals surface area contributed by atoms with E-state index in [4.69, 9.17) is 0 Å². The van der Waals surface area contributed by atoms with Crippen LogP contribution in [0.15, 0.2) is 84.9 Å². The number of hydrazine groups is 1. The second kappa shape index (κ2) is 9.06. The highest BCUT2D eigenvalue weighted by Gasteiger charge is 2.43. The van der Waals surface area contributed by atoms with Crippen molar-refractivity contribution in [2.75, 3.05) is 5.01 Å². The van der Waals surface area contributed by atoms with Crippen molar-refractivity contribution < 1.29 is 14.4 Å². The van der Waals surface area contributed by atoms with E-state index in [0.717, 1.165) is 16.3 Å². The van der Waals surface area contributed by atoms with Gasteiger partial charge in [-0.3, -0.25) is 29.7 Å². The van der Waals surface area contributed by atoms with Gasteiger partial charge in [0.15, 0.2) is 0 Å². The summed E-state index contributed by atoms with van der Waals surface area (Å²) in [6, 6.07) is 24.6. The van der Waals surface area contributed by atoms with E-state index in [1.807, 2.05) is 74.5 Å². The maximum absolute atomic E-state index is 13.6. The Morgan fingerprint density at radius 2 is 1.22 bits per heavy atom. The zero-order valence-corrected chi connectivity index (χ0v) is 18.1. The van der Waals surface area contributed by atoms with Crippen LogP contribution in [0.2, 0.25) is 0 Å². The Kier molecular flexibility index (Phi) is 6.03. The number of nitrogens with one attached hydrogen (secondary N) is 1. The minimum atomic E-state index is -0.933. The SMILES string of the molecule is CC(C)CC(C(=O)NN(c1ccccc1)c1ccccc1)N1C(=O)c2ccccc2C1=O. The first-order valence-corrected chi connectivity index (χ1v) is 10.6. The fourth-order valence-electron chi connectivity index (χ4n) is 3.88. The summed E-state index contributed by atoms with van der Waals surface area (Å²) in [5, 5.41) is 1.67. The summed E-state index contributed by atoms with van der Waals surface area (Å²) in [5.41, 5.74) is 5.14. The summed E-state index contributed by atoms with van der Waals surface area (Å²) >= 11 is 0. The molecule has 1 N–H and O–H groups in total. The second-order valence-electron chi connectivity index (χ2n) is 8.15. The van der Waals surface area contributed by atoms with Crippen LogP contribution in [0.4, 0.5) is 11.4 Å². The molecule has 1 atom stereocenters. The molecule has 0 bridgehead atoms. The molecule has 6 nitrogen and oxygen atoms in total. The van der Waals surface area contributed by atoms with E-state index in [1.165, 1.54) is 0 Å². The predicted molar refractivity (Wildman–Crippen MR) is 123 cm³/mol. The number of fused-ring (bicyclic) bond motifs is 1. The third-order valence-corrected chi connectivity index (χ3v) is 5.39. The molecule has 162 valence electrons. The van der Waals surface area contributed by atoms with E-state index in [1.54, 1.807) is 29.3 Å². The summed E-state index contributed by atoms with van der Waals surface area (Å²) < 4.78 is 0. The molecule has 3 aromatic rings. The van der Waals surface area contributed by atoms with Crippen molar-refractivity contribution in [3.05, 3.63) is 96.1 Å². The zero-order valence-electron chi connectivity index (χ0n) is 18.1. The molecule has 32 heavy (non-hydrogen) atoms. The van der Waals surface area contributed by atoms with Gasteiger partial charge in [-0.15, -0.1) is 0 Å². The van der Waals surface area contributed by atoms with Crippen molar-refractivity contribution in [1.29, 1.82) is 0 Å². The summed E-state index contributed by atoms with van der Waals surface area (Å²) in [7, 11) is 0. The number of imide groups is 1. The molecule has 3 amide bonds. The maximum atomic E-state index is 13.6. The van der Waals surface area contributed by atoms with Crippen molar-refractivity contribution in [2.24, 2.45) is 5.92 Å². The van der Waals surface area contributed by atoms with Crippen molar-refractivity contribution >= 4 is 29.1 Å². The number of nitrogens with zero attached hydrogens (tertiary/aromatic N) is 2. The van der Waals surface area contributed by atoms with E-state index < -0.39 is 23.8 Å². The number of anilines is 2. The Labute approximate surface area is 187 Å². The third kappa shape index (κ3) is 4.12. The van der Waals surface area contributed by atoms with Crippen molar-refractivity contribution in [1.82, 2.24) is 10.3 Å². The number of hydrogen-bond donors (Lipinski definition) is 1. The Morgan fingerprint density at radius 3 is 1.66 bits per heavy atom. The Morgan fingerprint density at radius 1 is 0.781 bits per heavy atom. The monoisotopic (exact) mass is 427 g/mol. The van der Waals surface area contributed by atoms with E-state index in [-0.39, 0.29) is 5.92 Å². The van der Waals surface area contributed by atoms with Gasteiger partial charge >= 0.3 is 0 Å². The van der Waals surface area contributed by atoms with Gasteiger partial charge in [0.25, 0.3) is 17.7 Å². The lowest BCUT2D eigenvalue weighted by Crippen LogP contribution is -2.53. The van der Waals surface area contributed by atoms with Crippen molar-refractivity contribution in [2.45, 2.75) is 26.3 Å². The molecule has 0 saturated carbocycles. The van der Waals surface area contributed by atoms with Gasteiger partial charge in [-0.1, -0.05) is 62.4 Å². The van der Waals surface area contributed by atoms with Crippen LogP contribution in [0.3, 0.4) is 0 Å². The zero-order chi connectivity index (χ0) is 22.7. The molecule has 0 radical (unpaired) electrons. The van der Waals surface area contributed by atoms with E-state index in [2.05, 4.69) is 5.43 Å². The Balaban J connectivity index is 1.67. The van der Waals surface area contributed by atoms with E-state index in [9.17, 15) is 14.4 Å². The van der Waals surface area contributed by atoms with Crippen LogP contribution in [0, 0.1) is 5.92 Å². The van der Waals surface area contributed by atoms with E-state index >= 15 is 0 Å². The molecule has 1 aliphatic rings. The largest absolute Gasteiger partial charge is 0.271 e. The minimum absolute atomic E-state index is 0.0944. The summed E-state index contributed by atoms with van der Waals surface area (Å²) in [6.45, 7) is 3.93. The van der Waals surface area contributed by atoms with Gasteiger partial charge in [0.2, 0.25) is 0 Å². The van der Waals surface area contributed by atoms with Crippen LogP contribution >= 0.6 is 0 Å². The number of amides is 3. The van der Waals surface area contributed by atoms with Gasteiger partial charge in [0, 0.05) is 0 Å². The lowest BCUT2D eigenvalue weighted by atomic mass is 10.0. The highest BCUT2D eigenvalue weighted by atomic mass is 16.2. The predicted octanol–water partition coefficient (Wildman–Crippen LogP) is 4.57. The molecule has 0 aliphatic carbocycles. The van der Waals surface area contributed by atoms with Gasteiger partial charge < -0.3 is 0 Å². The number of rotatable bonds is 7. The number of benzene rings is 3.